The SMILES string of the molecule is O=C(c1ccc(CCOP(=O)(O)O)cc1)C(F)C(F)(F)F. The van der Waals surface area contributed by atoms with Crippen molar-refractivity contribution in [3.63, 3.8) is 0 Å². The van der Waals surface area contributed by atoms with Gasteiger partial charge in [-0.25, -0.2) is 8.96 Å². The molecule has 0 radical (unpaired) electrons. The van der Waals surface area contributed by atoms with Crippen LogP contribution in [0.2, 0.25) is 0 Å². The maximum Gasteiger partial charge on any atom is 0.469 e. The number of hydrogen-bond donors (Lipinski definition) is 2. The lowest BCUT2D eigenvalue weighted by Crippen LogP contribution is -2.32. The number of Topliss-reactive ketones (excluding diaryl/α,β-unsaturated/α-hetero) is 1. The Kier molecular flexibility index (Phi) is 5.63. The predicted molar refractivity (Wildman–Crippen MR) is 63.4 cm³/mol. The van der Waals surface area contributed by atoms with Crippen molar-refractivity contribution in [1.29, 1.82) is 0 Å². The van der Waals surface area contributed by atoms with Crippen LogP contribution < -0.4 is 0 Å². The van der Waals surface area contributed by atoms with Gasteiger partial charge in [-0.3, -0.25) is 9.32 Å². The minimum Gasteiger partial charge on any atom is -0.303 e. The minimum atomic E-state index is -5.26. The lowest BCUT2D eigenvalue weighted by atomic mass is 10.0. The molecule has 0 aromatic heterocycles. The quantitative estimate of drug-likeness (QED) is 0.475. The van der Waals surface area contributed by atoms with E-state index in [2.05, 4.69) is 4.52 Å². The third-order valence-electron chi connectivity index (χ3n) is 2.41. The van der Waals surface area contributed by atoms with E-state index in [1.54, 1.807) is 0 Å². The van der Waals surface area contributed by atoms with Crippen molar-refractivity contribution in [2.45, 2.75) is 18.8 Å². The van der Waals surface area contributed by atoms with Gasteiger partial charge in [0.05, 0.1) is 6.61 Å². The molecule has 0 aliphatic heterocycles. The first-order valence-electron chi connectivity index (χ1n) is 5.55. The van der Waals surface area contributed by atoms with Gasteiger partial charge in [0.15, 0.2) is 0 Å². The summed E-state index contributed by atoms with van der Waals surface area (Å²) in [6.07, 6.45) is -8.77. The first-order chi connectivity index (χ1) is 9.50. The second-order valence-corrected chi connectivity index (χ2v) is 5.28. The van der Waals surface area contributed by atoms with Crippen LogP contribution in [0.5, 0.6) is 0 Å². The maximum absolute atomic E-state index is 12.8. The minimum absolute atomic E-state index is 0.0674. The molecule has 118 valence electrons. The molecule has 0 aliphatic carbocycles. The van der Waals surface area contributed by atoms with Crippen molar-refractivity contribution in [3.05, 3.63) is 35.4 Å². The van der Waals surface area contributed by atoms with Crippen LogP contribution in [0.4, 0.5) is 17.6 Å². The first-order valence-corrected chi connectivity index (χ1v) is 7.08. The van der Waals surface area contributed by atoms with Gasteiger partial charge in [-0.15, -0.1) is 0 Å². The lowest BCUT2D eigenvalue weighted by molar-refractivity contribution is -0.165. The molecule has 0 heterocycles. The van der Waals surface area contributed by atoms with Crippen LogP contribution in [0.3, 0.4) is 0 Å². The van der Waals surface area contributed by atoms with Gasteiger partial charge in [-0.05, 0) is 12.0 Å². The van der Waals surface area contributed by atoms with E-state index in [-0.39, 0.29) is 13.0 Å². The molecule has 0 aliphatic rings. The van der Waals surface area contributed by atoms with Crippen LogP contribution >= 0.6 is 7.82 Å². The summed E-state index contributed by atoms with van der Waals surface area (Å²) in [5, 5.41) is 0. The van der Waals surface area contributed by atoms with Crippen LogP contribution in [0.25, 0.3) is 0 Å². The van der Waals surface area contributed by atoms with Crippen molar-refractivity contribution in [1.82, 2.24) is 0 Å². The highest BCUT2D eigenvalue weighted by Gasteiger charge is 2.45. The van der Waals surface area contributed by atoms with Gasteiger partial charge < -0.3 is 9.79 Å². The maximum atomic E-state index is 12.8. The second-order valence-electron chi connectivity index (χ2n) is 4.04. The number of rotatable bonds is 6. The van der Waals surface area contributed by atoms with E-state index in [0.29, 0.717) is 5.56 Å². The van der Waals surface area contributed by atoms with E-state index in [4.69, 9.17) is 9.79 Å². The van der Waals surface area contributed by atoms with E-state index in [0.717, 1.165) is 12.1 Å². The Bertz CT molecular complexity index is 537. The smallest absolute Gasteiger partial charge is 0.303 e. The Balaban J connectivity index is 2.66. The fourth-order valence-electron chi connectivity index (χ4n) is 1.41. The molecule has 0 spiro atoms. The highest BCUT2D eigenvalue weighted by Crippen LogP contribution is 2.35. The van der Waals surface area contributed by atoms with Crippen molar-refractivity contribution < 1.29 is 41.2 Å². The number of phosphoric acid groups is 1. The Morgan fingerprint density at radius 2 is 1.76 bits per heavy atom. The van der Waals surface area contributed by atoms with Crippen molar-refractivity contribution >= 4 is 13.6 Å². The summed E-state index contributed by atoms with van der Waals surface area (Å²) in [4.78, 5) is 28.1. The molecule has 21 heavy (non-hydrogen) atoms. The molecule has 0 amide bonds. The van der Waals surface area contributed by atoms with Gasteiger partial charge in [0.25, 0.3) is 6.17 Å². The number of carbonyl (C=O) groups excluding carboxylic acids is 1. The highest BCUT2D eigenvalue weighted by molar-refractivity contribution is 7.46. The summed E-state index contributed by atoms with van der Waals surface area (Å²) in [6, 6.07) is 4.51. The number of phosphoric ester groups is 1. The van der Waals surface area contributed by atoms with Gasteiger partial charge in [-0.1, -0.05) is 24.3 Å². The molecule has 1 atom stereocenters. The Hall–Kier alpha value is -1.28. The van der Waals surface area contributed by atoms with Gasteiger partial charge in [0.1, 0.15) is 0 Å². The molecular weight excluding hydrogens is 319 g/mol. The number of ketones is 1. The Morgan fingerprint density at radius 3 is 2.19 bits per heavy atom. The molecule has 1 rings (SSSR count). The van der Waals surface area contributed by atoms with E-state index < -0.39 is 31.5 Å². The predicted octanol–water partition coefficient (Wildman–Crippen LogP) is 2.42. The van der Waals surface area contributed by atoms with Crippen molar-refractivity contribution in [2.24, 2.45) is 0 Å². The normalized spacial score (nSPS) is 14.0. The lowest BCUT2D eigenvalue weighted by Gasteiger charge is -2.11. The number of alkyl halides is 4. The summed E-state index contributed by atoms with van der Waals surface area (Å²) in [5.74, 6) is -1.69. The molecule has 0 fully saturated rings. The van der Waals surface area contributed by atoms with Crippen molar-refractivity contribution in [2.75, 3.05) is 6.61 Å². The zero-order chi connectivity index (χ0) is 16.3. The zero-order valence-corrected chi connectivity index (χ0v) is 11.3. The molecule has 2 N–H and O–H groups in total. The molecule has 1 aromatic rings. The van der Waals surface area contributed by atoms with Crippen LogP contribution in [0.15, 0.2) is 24.3 Å². The summed E-state index contributed by atoms with van der Waals surface area (Å²) in [7, 11) is -4.59. The number of hydrogen-bond acceptors (Lipinski definition) is 3. The second kappa shape index (κ2) is 6.65. The first kappa shape index (κ1) is 17.8. The molecule has 0 saturated heterocycles. The summed E-state index contributed by atoms with van der Waals surface area (Å²) in [5.41, 5.74) is 0.0156. The summed E-state index contributed by atoms with van der Waals surface area (Å²) in [6.45, 7) is -0.314. The van der Waals surface area contributed by atoms with Crippen molar-refractivity contribution in [3.8, 4) is 0 Å². The van der Waals surface area contributed by atoms with E-state index in [1.807, 2.05) is 0 Å². The van der Waals surface area contributed by atoms with Crippen LogP contribution in [0.1, 0.15) is 15.9 Å². The van der Waals surface area contributed by atoms with Crippen LogP contribution in [-0.4, -0.2) is 34.5 Å². The summed E-state index contributed by atoms with van der Waals surface area (Å²) < 4.78 is 63.6. The molecule has 5 nitrogen and oxygen atoms in total. The standard InChI is InChI=1S/C11H11F4O5P/c12-10(11(13,14)15)9(16)8-3-1-7(2-4-8)5-6-20-21(17,18)19/h1-4,10H,5-6H2,(H2,17,18,19). The zero-order valence-electron chi connectivity index (χ0n) is 10.4. The molecule has 0 bridgehead atoms. The fraction of sp³-hybridized carbons (Fsp3) is 0.364. The number of carbonyl (C=O) groups is 1. The van der Waals surface area contributed by atoms with E-state index in [9.17, 15) is 26.9 Å². The monoisotopic (exact) mass is 330 g/mol. The molecule has 10 heteroatoms. The number of halogens is 4. The topological polar surface area (TPSA) is 83.8 Å². The Labute approximate surface area is 116 Å². The number of benzene rings is 1. The van der Waals surface area contributed by atoms with E-state index >= 15 is 0 Å². The average Bonchev–Trinajstić information content (AvgIpc) is 2.35. The molecule has 1 aromatic carbocycles. The Morgan fingerprint density at radius 1 is 1.24 bits per heavy atom. The van der Waals surface area contributed by atoms with Gasteiger partial charge in [-0.2, -0.15) is 13.2 Å². The van der Waals surface area contributed by atoms with Crippen LogP contribution in [-0.2, 0) is 15.5 Å². The highest BCUT2D eigenvalue weighted by atomic mass is 31.2. The average molecular weight is 330 g/mol. The fourth-order valence-corrected chi connectivity index (χ4v) is 1.74. The third-order valence-corrected chi connectivity index (χ3v) is 2.93. The van der Waals surface area contributed by atoms with Gasteiger partial charge in [0, 0.05) is 5.56 Å². The third kappa shape index (κ3) is 5.92. The molecule has 0 saturated carbocycles. The largest absolute Gasteiger partial charge is 0.469 e. The van der Waals surface area contributed by atoms with E-state index in [1.165, 1.54) is 12.1 Å². The molecule has 1 unspecified atom stereocenters. The molecular formula is C11H11F4O5P. The van der Waals surface area contributed by atoms with Crippen LogP contribution in [0, 0.1) is 0 Å². The van der Waals surface area contributed by atoms with Gasteiger partial charge in [0.2, 0.25) is 5.78 Å². The van der Waals surface area contributed by atoms with Gasteiger partial charge >= 0.3 is 14.0 Å². The summed E-state index contributed by atoms with van der Waals surface area (Å²) >= 11 is 0.